The Labute approximate surface area is 75.9 Å². The van der Waals surface area contributed by atoms with Gasteiger partial charge in [0.15, 0.2) is 0 Å². The molecule has 0 aliphatic carbocycles. The van der Waals surface area contributed by atoms with Gasteiger partial charge < -0.3 is 18.7 Å². The molecule has 0 aromatic carbocycles. The smallest absolute Gasteiger partial charge is 0.304 e. The van der Waals surface area contributed by atoms with Crippen molar-refractivity contribution in [2.24, 2.45) is 0 Å². The van der Waals surface area contributed by atoms with E-state index in [1.54, 1.807) is 0 Å². The van der Waals surface area contributed by atoms with E-state index < -0.39 is 10.0 Å². The lowest BCUT2D eigenvalue weighted by Crippen LogP contribution is -2.12. The monoisotopic (exact) mass is 194 g/mol. The van der Waals surface area contributed by atoms with E-state index in [1.807, 2.05) is 0 Å². The Hall–Kier alpha value is 0.0569. The largest absolute Gasteiger partial charge is 0.396 e. The van der Waals surface area contributed by atoms with Gasteiger partial charge in [0.05, 0.1) is 26.4 Å². The maximum absolute atomic E-state index is 8.36. The van der Waals surface area contributed by atoms with Crippen molar-refractivity contribution >= 4 is 10.0 Å². The van der Waals surface area contributed by atoms with Crippen molar-refractivity contribution in [2.75, 3.05) is 33.0 Å². The van der Waals surface area contributed by atoms with Crippen LogP contribution in [0.15, 0.2) is 0 Å². The van der Waals surface area contributed by atoms with Gasteiger partial charge in [-0.05, 0) is 6.42 Å². The van der Waals surface area contributed by atoms with E-state index in [4.69, 9.17) is 18.7 Å². The first kappa shape index (κ1) is 12.1. The fourth-order valence-corrected chi connectivity index (χ4v) is 1.21. The van der Waals surface area contributed by atoms with Crippen molar-refractivity contribution in [3.63, 3.8) is 0 Å². The number of aliphatic hydroxyl groups is 1. The molecule has 0 saturated carbocycles. The summed E-state index contributed by atoms with van der Waals surface area (Å²) in [5.41, 5.74) is 0. The van der Waals surface area contributed by atoms with E-state index in [1.165, 1.54) is 0 Å². The summed E-state index contributed by atoms with van der Waals surface area (Å²) in [6.07, 6.45) is 1.04. The van der Waals surface area contributed by atoms with Crippen LogP contribution in [0.1, 0.15) is 13.3 Å². The Morgan fingerprint density at radius 2 is 1.83 bits per heavy atom. The molecule has 0 aromatic rings. The highest BCUT2D eigenvalue weighted by Crippen LogP contribution is 1.81. The summed E-state index contributed by atoms with van der Waals surface area (Å²) in [6.45, 7) is 4.58. The average molecular weight is 194 g/mol. The molecule has 0 aliphatic rings. The molecule has 0 spiro atoms. The molecule has 0 bridgehead atoms. The van der Waals surface area contributed by atoms with Crippen molar-refractivity contribution < 1.29 is 18.7 Å². The van der Waals surface area contributed by atoms with E-state index in [-0.39, 0.29) is 6.61 Å². The van der Waals surface area contributed by atoms with Gasteiger partial charge in [0.25, 0.3) is 0 Å². The molecule has 1 N–H and O–H groups in total. The third-order valence-electron chi connectivity index (χ3n) is 1.12. The van der Waals surface area contributed by atoms with Crippen LogP contribution in [-0.4, -0.2) is 48.1 Å². The highest BCUT2D eigenvalue weighted by Gasteiger charge is 1.89. The van der Waals surface area contributed by atoms with E-state index in [2.05, 4.69) is 6.92 Å². The van der Waals surface area contributed by atoms with Gasteiger partial charge in [-0.1, -0.05) is 6.92 Å². The summed E-state index contributed by atoms with van der Waals surface area (Å²) in [4.78, 5) is 0. The SMILES string of the molecule is CCCOCCO[SiH2]OCCO. The van der Waals surface area contributed by atoms with Crippen molar-refractivity contribution in [1.82, 2.24) is 0 Å². The summed E-state index contributed by atoms with van der Waals surface area (Å²) in [6, 6.07) is 0. The van der Waals surface area contributed by atoms with Gasteiger partial charge in [0.2, 0.25) is 0 Å². The molecule has 0 fully saturated rings. The molecule has 0 saturated heterocycles. The van der Waals surface area contributed by atoms with Crippen LogP contribution in [0.2, 0.25) is 0 Å². The molecule has 0 rings (SSSR count). The molecule has 74 valence electrons. The Kier molecular flexibility index (Phi) is 11.1. The van der Waals surface area contributed by atoms with E-state index in [0.29, 0.717) is 19.8 Å². The van der Waals surface area contributed by atoms with E-state index in [0.717, 1.165) is 13.0 Å². The van der Waals surface area contributed by atoms with Crippen LogP contribution in [0.4, 0.5) is 0 Å². The second-order valence-corrected chi connectivity index (χ2v) is 3.32. The van der Waals surface area contributed by atoms with Gasteiger partial charge in [0.1, 0.15) is 0 Å². The predicted molar refractivity (Wildman–Crippen MR) is 48.6 cm³/mol. The molecular formula is C7H18O4Si. The first-order valence-electron chi connectivity index (χ1n) is 4.26. The van der Waals surface area contributed by atoms with Crippen LogP contribution in [0.5, 0.6) is 0 Å². The lowest BCUT2D eigenvalue weighted by atomic mass is 10.5. The average Bonchev–Trinajstić information content (AvgIpc) is 2.10. The molecule has 0 aliphatic heterocycles. The molecule has 0 heterocycles. The second-order valence-electron chi connectivity index (χ2n) is 2.27. The molecule has 0 unspecified atom stereocenters. The van der Waals surface area contributed by atoms with Crippen molar-refractivity contribution in [3.05, 3.63) is 0 Å². The molecule has 12 heavy (non-hydrogen) atoms. The third kappa shape index (κ3) is 10.1. The minimum absolute atomic E-state index is 0.0721. The molecule has 0 atom stereocenters. The molecule has 4 nitrogen and oxygen atoms in total. The van der Waals surface area contributed by atoms with Crippen LogP contribution in [0, 0.1) is 0 Å². The third-order valence-corrected chi connectivity index (χ3v) is 2.03. The van der Waals surface area contributed by atoms with Crippen LogP contribution in [-0.2, 0) is 13.6 Å². The Bertz CT molecular complexity index is 71.8. The Morgan fingerprint density at radius 1 is 1.08 bits per heavy atom. The highest BCUT2D eigenvalue weighted by molar-refractivity contribution is 6.17. The first-order valence-corrected chi connectivity index (χ1v) is 5.41. The van der Waals surface area contributed by atoms with Gasteiger partial charge in [0, 0.05) is 6.61 Å². The highest BCUT2D eigenvalue weighted by atomic mass is 28.3. The lowest BCUT2D eigenvalue weighted by molar-refractivity contribution is 0.0894. The van der Waals surface area contributed by atoms with Crippen LogP contribution in [0.25, 0.3) is 0 Å². The van der Waals surface area contributed by atoms with Gasteiger partial charge in [-0.2, -0.15) is 0 Å². The van der Waals surface area contributed by atoms with Crippen LogP contribution >= 0.6 is 0 Å². The van der Waals surface area contributed by atoms with Crippen molar-refractivity contribution in [1.29, 1.82) is 0 Å². The second kappa shape index (κ2) is 11.1. The predicted octanol–water partition coefficient (Wildman–Crippen LogP) is -0.563. The minimum Gasteiger partial charge on any atom is -0.396 e. The maximum Gasteiger partial charge on any atom is 0.304 e. The van der Waals surface area contributed by atoms with Crippen molar-refractivity contribution in [2.45, 2.75) is 13.3 Å². The number of ether oxygens (including phenoxy) is 1. The van der Waals surface area contributed by atoms with Crippen LogP contribution in [0.3, 0.4) is 0 Å². The topological polar surface area (TPSA) is 47.9 Å². The Morgan fingerprint density at radius 3 is 2.50 bits per heavy atom. The van der Waals surface area contributed by atoms with Gasteiger partial charge in [-0.15, -0.1) is 0 Å². The number of rotatable bonds is 9. The maximum atomic E-state index is 8.36. The number of aliphatic hydroxyl groups excluding tert-OH is 1. The molecule has 0 aromatic heterocycles. The molecular weight excluding hydrogens is 176 g/mol. The van der Waals surface area contributed by atoms with Gasteiger partial charge >= 0.3 is 10.0 Å². The van der Waals surface area contributed by atoms with E-state index >= 15 is 0 Å². The Balaban J connectivity index is 2.73. The van der Waals surface area contributed by atoms with Crippen molar-refractivity contribution in [3.8, 4) is 0 Å². The van der Waals surface area contributed by atoms with Gasteiger partial charge in [-0.3, -0.25) is 0 Å². The zero-order valence-electron chi connectivity index (χ0n) is 7.62. The summed E-state index contributed by atoms with van der Waals surface area (Å²) in [5.74, 6) is 0. The zero-order valence-corrected chi connectivity index (χ0v) is 9.04. The normalized spacial score (nSPS) is 11.5. The van der Waals surface area contributed by atoms with E-state index in [9.17, 15) is 0 Å². The summed E-state index contributed by atoms with van der Waals surface area (Å²) < 4.78 is 15.3. The summed E-state index contributed by atoms with van der Waals surface area (Å²) in [5, 5.41) is 8.36. The molecule has 5 heteroatoms. The summed E-state index contributed by atoms with van der Waals surface area (Å²) in [7, 11) is -0.874. The quantitative estimate of drug-likeness (QED) is 0.395. The summed E-state index contributed by atoms with van der Waals surface area (Å²) >= 11 is 0. The number of hydrogen-bond acceptors (Lipinski definition) is 4. The lowest BCUT2D eigenvalue weighted by Gasteiger charge is -2.04. The van der Waals surface area contributed by atoms with Crippen LogP contribution < -0.4 is 0 Å². The fourth-order valence-electron chi connectivity index (χ4n) is 0.606. The van der Waals surface area contributed by atoms with Gasteiger partial charge in [-0.25, -0.2) is 0 Å². The minimum atomic E-state index is -0.874. The zero-order chi connectivity index (χ0) is 9.07. The fraction of sp³-hybridized carbons (Fsp3) is 1.00. The standard InChI is InChI=1S/C7H18O4Si/c1-2-4-9-6-7-11-12-10-5-3-8/h8H,2-7,12H2,1H3. The molecule has 0 amide bonds. The number of hydrogen-bond donors (Lipinski definition) is 1. The first-order chi connectivity index (χ1) is 5.91. The molecule has 0 radical (unpaired) electrons.